The summed E-state index contributed by atoms with van der Waals surface area (Å²) in [5.41, 5.74) is 1.51. The van der Waals surface area contributed by atoms with Crippen molar-refractivity contribution >= 4 is 17.4 Å². The van der Waals surface area contributed by atoms with E-state index in [0.29, 0.717) is 23.4 Å². The minimum Gasteiger partial charge on any atom is -0.341 e. The smallest absolute Gasteiger partial charge is 0.272 e. The first kappa shape index (κ1) is 22.8. The maximum absolute atomic E-state index is 15.3. The van der Waals surface area contributed by atoms with Gasteiger partial charge in [0.05, 0.1) is 11.2 Å². The van der Waals surface area contributed by atoms with E-state index >= 15 is 4.39 Å². The van der Waals surface area contributed by atoms with Gasteiger partial charge in [0.2, 0.25) is 0 Å². The molecule has 0 radical (unpaired) electrons. The van der Waals surface area contributed by atoms with Crippen LogP contribution in [0.1, 0.15) is 63.3 Å². The normalized spacial score (nSPS) is 20.7. The first-order chi connectivity index (χ1) is 15.9. The number of amides is 2. The van der Waals surface area contributed by atoms with Crippen molar-refractivity contribution in [3.8, 4) is 0 Å². The molecule has 2 aliphatic heterocycles. The van der Waals surface area contributed by atoms with Crippen molar-refractivity contribution in [1.29, 1.82) is 0 Å². The number of carbonyl (C=O) groups is 2. The van der Waals surface area contributed by atoms with E-state index in [-0.39, 0.29) is 24.5 Å². The fourth-order valence-electron chi connectivity index (χ4n) is 4.41. The van der Waals surface area contributed by atoms with Crippen LogP contribution in [0.15, 0.2) is 46.5 Å². The summed E-state index contributed by atoms with van der Waals surface area (Å²) in [6.45, 7) is 6.43. The van der Waals surface area contributed by atoms with Gasteiger partial charge >= 0.3 is 0 Å². The summed E-state index contributed by atoms with van der Waals surface area (Å²) in [7, 11) is 0. The van der Waals surface area contributed by atoms with Crippen LogP contribution in [-0.2, 0) is 28.1 Å². The molecule has 0 spiro atoms. The Kier molecular flexibility index (Phi) is 6.40. The molecule has 0 bridgehead atoms. The number of rotatable bonds is 8. The van der Waals surface area contributed by atoms with Crippen LogP contribution in [0.2, 0.25) is 0 Å². The van der Waals surface area contributed by atoms with E-state index in [0.717, 1.165) is 36.3 Å². The van der Waals surface area contributed by atoms with Crippen LogP contribution in [0.4, 0.5) is 4.39 Å². The second-order valence-corrected chi connectivity index (χ2v) is 8.71. The third-order valence-corrected chi connectivity index (χ3v) is 6.20. The van der Waals surface area contributed by atoms with E-state index < -0.39 is 17.4 Å². The number of hydrogen-bond acceptors (Lipinski definition) is 5. The molecule has 174 valence electrons. The van der Waals surface area contributed by atoms with Crippen molar-refractivity contribution < 1.29 is 14.0 Å². The van der Waals surface area contributed by atoms with Crippen LogP contribution in [-0.4, -0.2) is 33.1 Å². The predicted octanol–water partition coefficient (Wildman–Crippen LogP) is 4.13. The molecular formula is C24H29FN6O2. The number of nitrogens with one attached hydrogen (secondary N) is 1. The van der Waals surface area contributed by atoms with Gasteiger partial charge in [-0.05, 0) is 44.4 Å². The molecule has 1 aromatic carbocycles. The number of hydrogen-bond donors (Lipinski definition) is 1. The highest BCUT2D eigenvalue weighted by molar-refractivity contribution is 6.06. The first-order valence-corrected chi connectivity index (χ1v) is 11.4. The number of aryl methyl sites for hydroxylation is 2. The number of unbranched alkanes of at least 4 members (excludes halogenated alkanes) is 2. The molecule has 4 rings (SSSR count). The first-order valence-electron chi connectivity index (χ1n) is 11.4. The van der Waals surface area contributed by atoms with E-state index in [1.807, 2.05) is 19.2 Å². The van der Waals surface area contributed by atoms with Gasteiger partial charge < -0.3 is 5.32 Å². The topological polar surface area (TPSA) is 92.0 Å². The van der Waals surface area contributed by atoms with Crippen molar-refractivity contribution in [2.24, 2.45) is 10.3 Å². The van der Waals surface area contributed by atoms with Gasteiger partial charge in [-0.3, -0.25) is 14.3 Å². The Balaban J connectivity index is 1.74. The van der Waals surface area contributed by atoms with Gasteiger partial charge in [0.15, 0.2) is 0 Å². The van der Waals surface area contributed by atoms with Crippen molar-refractivity contribution in [3.63, 3.8) is 0 Å². The van der Waals surface area contributed by atoms with E-state index in [9.17, 15) is 9.59 Å². The van der Waals surface area contributed by atoms with Crippen LogP contribution >= 0.6 is 0 Å². The number of aromatic nitrogens is 2. The second kappa shape index (κ2) is 9.25. The van der Waals surface area contributed by atoms with E-state index in [1.165, 1.54) is 0 Å². The lowest BCUT2D eigenvalue weighted by Gasteiger charge is -2.38. The predicted molar refractivity (Wildman–Crippen MR) is 121 cm³/mol. The van der Waals surface area contributed by atoms with Crippen LogP contribution in [0.3, 0.4) is 0 Å². The lowest BCUT2D eigenvalue weighted by atomic mass is 9.80. The van der Waals surface area contributed by atoms with Gasteiger partial charge in [-0.25, -0.2) is 4.39 Å². The van der Waals surface area contributed by atoms with Gasteiger partial charge in [0, 0.05) is 30.3 Å². The Bertz CT molecular complexity index is 1140. The molecule has 1 aromatic heterocycles. The zero-order valence-corrected chi connectivity index (χ0v) is 19.3. The highest BCUT2D eigenvalue weighted by Crippen LogP contribution is 2.40. The summed E-state index contributed by atoms with van der Waals surface area (Å²) in [6, 6.07) is 7.04. The third kappa shape index (κ3) is 4.44. The Hall–Kier alpha value is -3.36. The van der Waals surface area contributed by atoms with Crippen molar-refractivity contribution in [3.05, 3.63) is 58.8 Å². The van der Waals surface area contributed by atoms with Gasteiger partial charge in [-0.1, -0.05) is 37.1 Å². The molecule has 0 aliphatic carbocycles. The highest BCUT2D eigenvalue weighted by Gasteiger charge is 2.43. The molecule has 2 aliphatic rings. The summed E-state index contributed by atoms with van der Waals surface area (Å²) in [4.78, 5) is 25.6. The minimum absolute atomic E-state index is 0.0941. The average Bonchev–Trinajstić information content (AvgIpc) is 3.42. The molecule has 1 N–H and O–H groups in total. The molecule has 0 fully saturated rings. The Morgan fingerprint density at radius 2 is 2.00 bits per heavy atom. The minimum atomic E-state index is -1.02. The van der Waals surface area contributed by atoms with E-state index in [2.05, 4.69) is 27.7 Å². The fourth-order valence-corrected chi connectivity index (χ4v) is 4.41. The largest absolute Gasteiger partial charge is 0.341 e. The Labute approximate surface area is 192 Å². The Morgan fingerprint density at radius 3 is 2.64 bits per heavy atom. The van der Waals surface area contributed by atoms with Crippen LogP contribution < -0.4 is 5.32 Å². The summed E-state index contributed by atoms with van der Waals surface area (Å²) < 4.78 is 17.0. The maximum atomic E-state index is 15.3. The molecule has 9 heteroatoms. The molecule has 2 aromatic rings. The van der Waals surface area contributed by atoms with Gasteiger partial charge in [0.1, 0.15) is 18.1 Å². The standard InChI is InChI=1S/C24H29FN6O2/c1-4-6-7-8-16-9-10-18(19(25)13-16)24(3)14-17(20-11-12-30(5-2)28-20)22(23(33)27-24)31-21(32)15-26-29-31/h9-13H,4-8,14-15H2,1-3H3,(H,27,33)/t24-/m0/s1. The third-order valence-electron chi connectivity index (χ3n) is 6.20. The number of nitrogens with zero attached hydrogens (tertiary/aromatic N) is 5. The van der Waals surface area contributed by atoms with Crippen molar-refractivity contribution in [2.75, 3.05) is 6.54 Å². The highest BCUT2D eigenvalue weighted by atomic mass is 19.1. The van der Waals surface area contributed by atoms with Gasteiger partial charge in [-0.2, -0.15) is 15.2 Å². The monoisotopic (exact) mass is 452 g/mol. The van der Waals surface area contributed by atoms with Crippen LogP contribution in [0.25, 0.3) is 5.57 Å². The lowest BCUT2D eigenvalue weighted by Crippen LogP contribution is -2.51. The summed E-state index contributed by atoms with van der Waals surface area (Å²) in [5, 5.41) is 16.1. The summed E-state index contributed by atoms with van der Waals surface area (Å²) in [6.07, 6.45) is 6.10. The average molecular weight is 453 g/mol. The lowest BCUT2D eigenvalue weighted by molar-refractivity contribution is -0.130. The molecule has 8 nitrogen and oxygen atoms in total. The maximum Gasteiger partial charge on any atom is 0.272 e. The molecule has 0 saturated carbocycles. The molecular weight excluding hydrogens is 423 g/mol. The molecule has 33 heavy (non-hydrogen) atoms. The number of benzene rings is 1. The molecule has 2 amide bonds. The number of halogens is 1. The molecule has 3 heterocycles. The van der Waals surface area contributed by atoms with Crippen LogP contribution in [0, 0.1) is 5.82 Å². The second-order valence-electron chi connectivity index (χ2n) is 8.71. The molecule has 0 unspecified atom stereocenters. The van der Waals surface area contributed by atoms with Gasteiger partial charge in [-0.15, -0.1) is 0 Å². The van der Waals surface area contributed by atoms with Gasteiger partial charge in [0.25, 0.3) is 11.8 Å². The van der Waals surface area contributed by atoms with E-state index in [1.54, 1.807) is 29.8 Å². The van der Waals surface area contributed by atoms with Crippen molar-refractivity contribution in [1.82, 2.24) is 20.1 Å². The zero-order valence-electron chi connectivity index (χ0n) is 19.3. The summed E-state index contributed by atoms with van der Waals surface area (Å²) >= 11 is 0. The van der Waals surface area contributed by atoms with Crippen LogP contribution in [0.5, 0.6) is 0 Å². The Morgan fingerprint density at radius 1 is 1.18 bits per heavy atom. The SMILES string of the molecule is CCCCCc1ccc([C@]2(C)CC(c3ccn(CC)n3)=C(N3N=NCC3=O)C(=O)N2)c(F)c1. The molecule has 0 saturated heterocycles. The van der Waals surface area contributed by atoms with Crippen molar-refractivity contribution in [2.45, 2.75) is 65.0 Å². The zero-order chi connectivity index (χ0) is 23.6. The molecule has 1 atom stereocenters. The quantitative estimate of drug-likeness (QED) is 0.611. The fraction of sp³-hybridized carbons (Fsp3) is 0.458. The van der Waals surface area contributed by atoms with E-state index in [4.69, 9.17) is 0 Å². The summed E-state index contributed by atoms with van der Waals surface area (Å²) in [5.74, 6) is -1.25. The number of carbonyl (C=O) groups excluding carboxylic acids is 2.